The third-order valence-electron chi connectivity index (χ3n) is 4.44. The van der Waals surface area contributed by atoms with Crippen LogP contribution >= 0.6 is 0 Å². The van der Waals surface area contributed by atoms with Gasteiger partial charge in [-0.2, -0.15) is 5.26 Å². The number of piperidine rings is 1. The van der Waals surface area contributed by atoms with Crippen molar-refractivity contribution in [3.8, 4) is 6.07 Å². The Labute approximate surface area is 128 Å². The molecule has 6 heteroatoms. The summed E-state index contributed by atoms with van der Waals surface area (Å²) < 4.78 is 7.14. The summed E-state index contributed by atoms with van der Waals surface area (Å²) in [7, 11) is 1.72. The predicted molar refractivity (Wildman–Crippen MR) is 83.3 cm³/mol. The van der Waals surface area contributed by atoms with Crippen LogP contribution in [0.1, 0.15) is 25.3 Å². The van der Waals surface area contributed by atoms with E-state index in [1.807, 2.05) is 17.1 Å². The summed E-state index contributed by atoms with van der Waals surface area (Å²) in [5.74, 6) is 0. The Hall–Kier alpha value is -2.39. The van der Waals surface area contributed by atoms with Crippen molar-refractivity contribution in [2.24, 2.45) is 0 Å². The molecule has 114 valence electrons. The Morgan fingerprint density at radius 2 is 2.14 bits per heavy atom. The molecule has 0 atom stereocenters. The fraction of sp³-hybridized carbons (Fsp3) is 0.438. The molecule has 0 spiro atoms. The largest absolute Gasteiger partial charge is 0.378 e. The van der Waals surface area contributed by atoms with Gasteiger partial charge in [-0.15, -0.1) is 0 Å². The second-order valence-electron chi connectivity index (χ2n) is 5.80. The molecule has 1 aliphatic rings. The Kier molecular flexibility index (Phi) is 3.59. The Morgan fingerprint density at radius 1 is 1.41 bits per heavy atom. The number of aromatic nitrogens is 2. The molecule has 0 aromatic carbocycles. The van der Waals surface area contributed by atoms with Gasteiger partial charge in [-0.1, -0.05) is 0 Å². The number of fused-ring (bicyclic) bond motifs is 1. The van der Waals surface area contributed by atoms with Crippen LogP contribution in [0.5, 0.6) is 0 Å². The third-order valence-corrected chi connectivity index (χ3v) is 4.44. The molecule has 3 heterocycles. The fourth-order valence-electron chi connectivity index (χ4n) is 2.85. The van der Waals surface area contributed by atoms with Gasteiger partial charge in [0.05, 0.1) is 16.6 Å². The van der Waals surface area contributed by atoms with Crippen molar-refractivity contribution in [3.05, 3.63) is 40.3 Å². The van der Waals surface area contributed by atoms with Crippen LogP contribution in [0, 0.1) is 11.3 Å². The minimum Gasteiger partial charge on any atom is -0.378 e. The first-order chi connectivity index (χ1) is 10.6. The van der Waals surface area contributed by atoms with Gasteiger partial charge in [0.2, 0.25) is 0 Å². The van der Waals surface area contributed by atoms with Crippen LogP contribution in [-0.4, -0.2) is 35.5 Å². The molecule has 0 radical (unpaired) electrons. The van der Waals surface area contributed by atoms with Crippen molar-refractivity contribution >= 4 is 11.0 Å². The number of methoxy groups -OCH3 is 1. The van der Waals surface area contributed by atoms with E-state index in [9.17, 15) is 10.1 Å². The average Bonchev–Trinajstić information content (AvgIpc) is 2.55. The smallest absolute Gasteiger partial charge is 0.287 e. The van der Waals surface area contributed by atoms with E-state index < -0.39 is 0 Å². The first-order valence-corrected chi connectivity index (χ1v) is 7.29. The van der Waals surface area contributed by atoms with Gasteiger partial charge in [-0.25, -0.2) is 4.68 Å². The minimum atomic E-state index is -0.288. The maximum atomic E-state index is 12.6. The van der Waals surface area contributed by atoms with E-state index in [-0.39, 0.29) is 16.7 Å². The van der Waals surface area contributed by atoms with Gasteiger partial charge >= 0.3 is 0 Å². The number of rotatable bonds is 2. The predicted octanol–water partition coefficient (Wildman–Crippen LogP) is 1.41. The summed E-state index contributed by atoms with van der Waals surface area (Å²) in [5, 5.41) is 11.2. The monoisotopic (exact) mass is 298 g/mol. The molecule has 0 bridgehead atoms. The number of ether oxygens (including phenoxy) is 1. The highest BCUT2D eigenvalue weighted by Crippen LogP contribution is 2.24. The molecular weight excluding hydrogens is 280 g/mol. The lowest BCUT2D eigenvalue weighted by atomic mass is 9.94. The maximum absolute atomic E-state index is 12.6. The Balaban J connectivity index is 2.09. The molecule has 0 saturated carbocycles. The van der Waals surface area contributed by atoms with E-state index in [1.165, 1.54) is 0 Å². The van der Waals surface area contributed by atoms with Gasteiger partial charge in [-0.3, -0.25) is 9.78 Å². The van der Waals surface area contributed by atoms with Crippen molar-refractivity contribution < 1.29 is 4.74 Å². The lowest BCUT2D eigenvalue weighted by Crippen LogP contribution is -2.52. The quantitative estimate of drug-likeness (QED) is 0.838. The molecule has 1 saturated heterocycles. The molecule has 0 aliphatic carbocycles. The van der Waals surface area contributed by atoms with Gasteiger partial charge in [0.25, 0.3) is 5.56 Å². The Bertz CT molecular complexity index is 798. The van der Waals surface area contributed by atoms with E-state index in [2.05, 4.69) is 11.9 Å². The number of pyridine rings is 2. The van der Waals surface area contributed by atoms with E-state index in [0.29, 0.717) is 18.6 Å². The number of nitriles is 1. The maximum Gasteiger partial charge on any atom is 0.287 e. The molecule has 2 aromatic rings. The molecule has 0 unspecified atom stereocenters. The van der Waals surface area contributed by atoms with Crippen LogP contribution in [0.25, 0.3) is 11.0 Å². The first-order valence-electron chi connectivity index (χ1n) is 7.29. The van der Waals surface area contributed by atoms with E-state index in [0.717, 1.165) is 18.4 Å². The number of nitrogens with zero attached hydrogens (tertiary/aromatic N) is 4. The number of hydrogen-bond donors (Lipinski definition) is 0. The second kappa shape index (κ2) is 5.43. The molecule has 1 fully saturated rings. The lowest BCUT2D eigenvalue weighted by molar-refractivity contribution is -0.0165. The van der Waals surface area contributed by atoms with Gasteiger partial charge in [0.1, 0.15) is 11.6 Å². The van der Waals surface area contributed by atoms with Crippen molar-refractivity contribution in [1.82, 2.24) is 9.66 Å². The first kappa shape index (κ1) is 14.5. The zero-order chi connectivity index (χ0) is 15.7. The van der Waals surface area contributed by atoms with Crippen molar-refractivity contribution in [2.75, 3.05) is 25.2 Å². The van der Waals surface area contributed by atoms with Crippen LogP contribution in [0.15, 0.2) is 29.2 Å². The fourth-order valence-corrected chi connectivity index (χ4v) is 2.85. The zero-order valence-electron chi connectivity index (χ0n) is 12.7. The topological polar surface area (TPSA) is 71.2 Å². The molecule has 6 nitrogen and oxygen atoms in total. The Morgan fingerprint density at radius 3 is 2.77 bits per heavy atom. The third kappa shape index (κ3) is 2.34. The van der Waals surface area contributed by atoms with Gasteiger partial charge in [0.15, 0.2) is 0 Å². The van der Waals surface area contributed by atoms with Crippen LogP contribution in [0.2, 0.25) is 0 Å². The van der Waals surface area contributed by atoms with E-state index >= 15 is 0 Å². The second-order valence-corrected chi connectivity index (χ2v) is 5.80. The summed E-state index contributed by atoms with van der Waals surface area (Å²) in [4.78, 5) is 16.9. The van der Waals surface area contributed by atoms with Crippen molar-refractivity contribution in [3.63, 3.8) is 0 Å². The SMILES string of the molecule is COC1(C)CCN(n2c(=O)c(C#N)cc3ncccc32)CC1. The molecule has 1 aliphatic heterocycles. The molecule has 2 aromatic heterocycles. The summed E-state index contributed by atoms with van der Waals surface area (Å²) in [6.07, 6.45) is 3.32. The van der Waals surface area contributed by atoms with Crippen LogP contribution < -0.4 is 10.6 Å². The highest BCUT2D eigenvalue weighted by molar-refractivity contribution is 5.76. The zero-order valence-corrected chi connectivity index (χ0v) is 12.7. The van der Waals surface area contributed by atoms with E-state index in [1.54, 1.807) is 30.1 Å². The van der Waals surface area contributed by atoms with Crippen LogP contribution in [-0.2, 0) is 4.74 Å². The van der Waals surface area contributed by atoms with Gasteiger partial charge in [0, 0.05) is 26.4 Å². The number of hydrogen-bond acceptors (Lipinski definition) is 5. The van der Waals surface area contributed by atoms with Gasteiger partial charge < -0.3 is 9.75 Å². The minimum absolute atomic E-state index is 0.117. The highest BCUT2D eigenvalue weighted by Gasteiger charge is 2.31. The molecule has 3 rings (SSSR count). The lowest BCUT2D eigenvalue weighted by Gasteiger charge is -2.40. The highest BCUT2D eigenvalue weighted by atomic mass is 16.5. The van der Waals surface area contributed by atoms with Crippen LogP contribution in [0.3, 0.4) is 0 Å². The van der Waals surface area contributed by atoms with Gasteiger partial charge in [-0.05, 0) is 38.0 Å². The van der Waals surface area contributed by atoms with Crippen molar-refractivity contribution in [1.29, 1.82) is 5.26 Å². The summed E-state index contributed by atoms with van der Waals surface area (Å²) in [6, 6.07) is 7.18. The van der Waals surface area contributed by atoms with Crippen molar-refractivity contribution in [2.45, 2.75) is 25.4 Å². The summed E-state index contributed by atoms with van der Waals surface area (Å²) in [5.41, 5.74) is 1.06. The standard InChI is InChI=1S/C16H18N4O2/c1-16(22-2)5-8-19(9-6-16)20-14-4-3-7-18-13(14)10-12(11-17)15(20)21/h3-4,7,10H,5-6,8-9H2,1-2H3. The molecule has 22 heavy (non-hydrogen) atoms. The van der Waals surface area contributed by atoms with Crippen LogP contribution in [0.4, 0.5) is 0 Å². The molecule has 0 amide bonds. The average molecular weight is 298 g/mol. The summed E-state index contributed by atoms with van der Waals surface area (Å²) in [6.45, 7) is 3.48. The molecule has 0 N–H and O–H groups in total. The summed E-state index contributed by atoms with van der Waals surface area (Å²) >= 11 is 0. The molecular formula is C16H18N4O2. The van der Waals surface area contributed by atoms with E-state index in [4.69, 9.17) is 4.74 Å². The normalized spacial score (nSPS) is 17.4.